The van der Waals surface area contributed by atoms with Gasteiger partial charge in [0.15, 0.2) is 5.76 Å². The van der Waals surface area contributed by atoms with Crippen molar-refractivity contribution in [1.82, 2.24) is 14.9 Å². The van der Waals surface area contributed by atoms with Crippen LogP contribution in [0.15, 0.2) is 23.0 Å². The molecule has 0 aliphatic rings. The van der Waals surface area contributed by atoms with Crippen LogP contribution in [0.1, 0.15) is 16.2 Å². The lowest BCUT2D eigenvalue weighted by Crippen LogP contribution is -2.04. The molecule has 0 bridgehead atoms. The van der Waals surface area contributed by atoms with Gasteiger partial charge in [0.2, 0.25) is 5.69 Å². The second-order valence-corrected chi connectivity index (χ2v) is 3.10. The Morgan fingerprint density at radius 1 is 1.65 bits per heavy atom. The quantitative estimate of drug-likeness (QED) is 0.608. The normalized spacial score (nSPS) is 10.4. The summed E-state index contributed by atoms with van der Waals surface area (Å²) in [4.78, 5) is 20.5. The van der Waals surface area contributed by atoms with Gasteiger partial charge in [0, 0.05) is 6.07 Å². The fourth-order valence-corrected chi connectivity index (χ4v) is 1.26. The van der Waals surface area contributed by atoms with Crippen LogP contribution in [-0.2, 0) is 6.54 Å². The second kappa shape index (κ2) is 4.04. The molecule has 88 valence electrons. The lowest BCUT2D eigenvalue weighted by Gasteiger charge is -1.93. The monoisotopic (exact) mass is 238 g/mol. The number of rotatable bonds is 4. The molecule has 1 N–H and O–H groups in total. The van der Waals surface area contributed by atoms with E-state index in [2.05, 4.69) is 10.3 Å². The third-order valence-corrected chi connectivity index (χ3v) is 1.95. The van der Waals surface area contributed by atoms with E-state index in [1.165, 1.54) is 6.20 Å². The molecule has 17 heavy (non-hydrogen) atoms. The van der Waals surface area contributed by atoms with Crippen molar-refractivity contribution < 1.29 is 19.3 Å². The number of aromatic nitrogens is 3. The van der Waals surface area contributed by atoms with Gasteiger partial charge < -0.3 is 9.63 Å². The van der Waals surface area contributed by atoms with E-state index in [0.29, 0.717) is 5.76 Å². The van der Waals surface area contributed by atoms with E-state index in [1.54, 1.807) is 6.07 Å². The largest absolute Gasteiger partial charge is 0.476 e. The number of aromatic carboxylic acids is 1. The SMILES string of the molecule is O=C(O)c1nn(Cc2ccno2)cc1[N+](=O)[O-]. The molecule has 0 aliphatic heterocycles. The minimum Gasteiger partial charge on any atom is -0.476 e. The molecule has 0 unspecified atom stereocenters. The van der Waals surface area contributed by atoms with Crippen molar-refractivity contribution in [2.75, 3.05) is 0 Å². The van der Waals surface area contributed by atoms with E-state index >= 15 is 0 Å². The molecule has 2 rings (SSSR count). The van der Waals surface area contributed by atoms with E-state index in [4.69, 9.17) is 9.63 Å². The third-order valence-electron chi connectivity index (χ3n) is 1.95. The Morgan fingerprint density at radius 2 is 2.41 bits per heavy atom. The van der Waals surface area contributed by atoms with Crippen molar-refractivity contribution in [3.05, 3.63) is 40.0 Å². The van der Waals surface area contributed by atoms with Crippen LogP contribution in [0.3, 0.4) is 0 Å². The molecule has 0 radical (unpaired) electrons. The van der Waals surface area contributed by atoms with Gasteiger partial charge in [-0.1, -0.05) is 5.16 Å². The maximum absolute atomic E-state index is 10.7. The van der Waals surface area contributed by atoms with Crippen LogP contribution in [0.2, 0.25) is 0 Å². The molecule has 2 aromatic heterocycles. The van der Waals surface area contributed by atoms with Gasteiger partial charge in [-0.2, -0.15) is 5.10 Å². The minimum absolute atomic E-state index is 0.0775. The molecular weight excluding hydrogens is 232 g/mol. The zero-order valence-corrected chi connectivity index (χ0v) is 8.31. The van der Waals surface area contributed by atoms with Gasteiger partial charge >= 0.3 is 11.7 Å². The smallest absolute Gasteiger partial charge is 0.363 e. The molecule has 2 heterocycles. The number of nitro groups is 1. The number of hydrogen-bond donors (Lipinski definition) is 1. The van der Waals surface area contributed by atoms with Crippen molar-refractivity contribution in [3.8, 4) is 0 Å². The molecule has 0 saturated carbocycles. The summed E-state index contributed by atoms with van der Waals surface area (Å²) in [5.74, 6) is -1.03. The van der Waals surface area contributed by atoms with Gasteiger partial charge in [-0.3, -0.25) is 14.8 Å². The summed E-state index contributed by atoms with van der Waals surface area (Å²) in [6.45, 7) is 0.0775. The van der Waals surface area contributed by atoms with Crippen molar-refractivity contribution in [3.63, 3.8) is 0 Å². The first-order chi connectivity index (χ1) is 8.08. The topological polar surface area (TPSA) is 124 Å². The molecule has 2 aromatic rings. The average Bonchev–Trinajstić information content (AvgIpc) is 2.86. The first kappa shape index (κ1) is 10.8. The Morgan fingerprint density at radius 3 is 2.88 bits per heavy atom. The van der Waals surface area contributed by atoms with Crippen molar-refractivity contribution in [2.45, 2.75) is 6.54 Å². The Balaban J connectivity index is 2.34. The van der Waals surface area contributed by atoms with Crippen molar-refractivity contribution in [1.29, 1.82) is 0 Å². The standard InChI is InChI=1S/C8H6N4O5/c13-8(14)7-6(12(15)16)4-11(10-7)3-5-1-2-9-17-5/h1-2,4H,3H2,(H,13,14). The number of carboxylic acid groups (broad SMARTS) is 1. The summed E-state index contributed by atoms with van der Waals surface area (Å²) in [5, 5.41) is 26.4. The Bertz CT molecular complexity index is 527. The van der Waals surface area contributed by atoms with Crippen LogP contribution in [0.5, 0.6) is 0 Å². The number of carboxylic acids is 1. The molecule has 0 spiro atoms. The Hall–Kier alpha value is -2.71. The second-order valence-electron chi connectivity index (χ2n) is 3.10. The number of carbonyl (C=O) groups is 1. The molecular formula is C8H6N4O5. The average molecular weight is 238 g/mol. The molecule has 0 saturated heterocycles. The molecule has 0 amide bonds. The summed E-state index contributed by atoms with van der Waals surface area (Å²) in [6.07, 6.45) is 2.44. The van der Waals surface area contributed by atoms with E-state index in [0.717, 1.165) is 10.9 Å². The zero-order chi connectivity index (χ0) is 12.4. The molecule has 0 aromatic carbocycles. The minimum atomic E-state index is -1.45. The Labute approximate surface area is 93.4 Å². The van der Waals surface area contributed by atoms with E-state index in [9.17, 15) is 14.9 Å². The zero-order valence-electron chi connectivity index (χ0n) is 8.31. The van der Waals surface area contributed by atoms with Crippen LogP contribution in [-0.4, -0.2) is 30.9 Å². The third kappa shape index (κ3) is 2.12. The molecule has 9 nitrogen and oxygen atoms in total. The summed E-state index contributed by atoms with van der Waals surface area (Å²) in [5.41, 5.74) is -1.16. The predicted octanol–water partition coefficient (Wildman–Crippen LogP) is 0.526. The molecule has 9 heteroatoms. The van der Waals surface area contributed by atoms with Crippen LogP contribution < -0.4 is 0 Å². The summed E-state index contributed by atoms with van der Waals surface area (Å²) >= 11 is 0. The highest BCUT2D eigenvalue weighted by Gasteiger charge is 2.25. The molecule has 0 fully saturated rings. The van der Waals surface area contributed by atoms with Crippen LogP contribution >= 0.6 is 0 Å². The lowest BCUT2D eigenvalue weighted by molar-refractivity contribution is -0.385. The highest BCUT2D eigenvalue weighted by molar-refractivity contribution is 5.89. The first-order valence-corrected chi connectivity index (χ1v) is 4.42. The predicted molar refractivity (Wildman–Crippen MR) is 51.4 cm³/mol. The van der Waals surface area contributed by atoms with Gasteiger partial charge in [0.25, 0.3) is 0 Å². The van der Waals surface area contributed by atoms with Crippen molar-refractivity contribution >= 4 is 11.7 Å². The van der Waals surface area contributed by atoms with Gasteiger partial charge in [-0.15, -0.1) is 0 Å². The summed E-state index contributed by atoms with van der Waals surface area (Å²) in [7, 11) is 0. The van der Waals surface area contributed by atoms with Crippen LogP contribution in [0.4, 0.5) is 5.69 Å². The Kier molecular flexibility index (Phi) is 2.57. The lowest BCUT2D eigenvalue weighted by atomic mass is 10.4. The van der Waals surface area contributed by atoms with Crippen LogP contribution in [0, 0.1) is 10.1 Å². The van der Waals surface area contributed by atoms with Gasteiger partial charge in [-0.05, 0) is 0 Å². The van der Waals surface area contributed by atoms with Crippen molar-refractivity contribution in [2.24, 2.45) is 0 Å². The first-order valence-electron chi connectivity index (χ1n) is 4.42. The van der Waals surface area contributed by atoms with Crippen LogP contribution in [0.25, 0.3) is 0 Å². The van der Waals surface area contributed by atoms with E-state index < -0.39 is 22.3 Å². The van der Waals surface area contributed by atoms with E-state index in [1.807, 2.05) is 0 Å². The fraction of sp³-hybridized carbons (Fsp3) is 0.125. The number of nitrogens with zero attached hydrogens (tertiary/aromatic N) is 4. The van der Waals surface area contributed by atoms with Gasteiger partial charge in [-0.25, -0.2) is 4.79 Å². The molecule has 0 aliphatic carbocycles. The maximum Gasteiger partial charge on any atom is 0.363 e. The highest BCUT2D eigenvalue weighted by Crippen LogP contribution is 2.17. The summed E-state index contributed by atoms with van der Waals surface area (Å²) < 4.78 is 5.89. The number of hydrogen-bond acceptors (Lipinski definition) is 6. The summed E-state index contributed by atoms with van der Waals surface area (Å²) in [6, 6.07) is 1.55. The molecule has 0 atom stereocenters. The van der Waals surface area contributed by atoms with E-state index in [-0.39, 0.29) is 6.54 Å². The van der Waals surface area contributed by atoms with Gasteiger partial charge in [0.05, 0.1) is 11.1 Å². The fourth-order valence-electron chi connectivity index (χ4n) is 1.26. The maximum atomic E-state index is 10.7. The highest BCUT2D eigenvalue weighted by atomic mass is 16.6. The van der Waals surface area contributed by atoms with Gasteiger partial charge in [0.1, 0.15) is 12.7 Å².